The molecule has 8 aromatic rings. The Labute approximate surface area is 218 Å². The van der Waals surface area contributed by atoms with Crippen LogP contribution in [-0.4, -0.2) is 19.5 Å². The van der Waals surface area contributed by atoms with E-state index in [2.05, 4.69) is 125 Å². The van der Waals surface area contributed by atoms with Crippen LogP contribution in [0.3, 0.4) is 0 Å². The van der Waals surface area contributed by atoms with Gasteiger partial charge in [0.15, 0.2) is 0 Å². The Kier molecular flexibility index (Phi) is 4.49. The van der Waals surface area contributed by atoms with Crippen molar-refractivity contribution >= 4 is 43.6 Å². The van der Waals surface area contributed by atoms with E-state index in [-0.39, 0.29) is 0 Å². The van der Waals surface area contributed by atoms with E-state index < -0.39 is 0 Å². The number of hydrogen-bond acceptors (Lipinski definition) is 2. The summed E-state index contributed by atoms with van der Waals surface area (Å²) in [6.45, 7) is 0. The smallest absolute Gasteiger partial charge is 0.235 e. The molecule has 8 rings (SSSR count). The summed E-state index contributed by atoms with van der Waals surface area (Å²) in [5.74, 6) is 0.661. The van der Waals surface area contributed by atoms with Crippen molar-refractivity contribution in [2.24, 2.45) is 0 Å². The van der Waals surface area contributed by atoms with Crippen molar-refractivity contribution < 1.29 is 0 Å². The second kappa shape index (κ2) is 8.15. The van der Waals surface area contributed by atoms with Crippen LogP contribution in [0.4, 0.5) is 0 Å². The number of hydrogen-bond donors (Lipinski definition) is 1. The van der Waals surface area contributed by atoms with Gasteiger partial charge in [-0.05, 0) is 24.3 Å². The standard InChI is InChI=1S/C34H22N4/c1-3-11-22(12-4-1)29-21-30(23-13-5-2-6-14-23)37-34(36-29)38-31-18-10-8-15-24(31)25-19-20-28-32(33(25)38)26-16-7-9-17-27(26)35-28/h1-21,35H. The number of para-hydroxylation sites is 2. The summed E-state index contributed by atoms with van der Waals surface area (Å²) in [7, 11) is 0. The molecule has 4 heteroatoms. The number of rotatable bonds is 3. The number of nitrogens with one attached hydrogen (secondary N) is 1. The Balaban J connectivity index is 1.54. The fraction of sp³-hybridized carbons (Fsp3) is 0. The Morgan fingerprint density at radius 2 is 1.11 bits per heavy atom. The number of aromatic nitrogens is 4. The summed E-state index contributed by atoms with van der Waals surface area (Å²) in [4.78, 5) is 14.0. The average Bonchev–Trinajstić information content (AvgIpc) is 3.53. The van der Waals surface area contributed by atoms with Gasteiger partial charge in [0.1, 0.15) is 0 Å². The van der Waals surface area contributed by atoms with Gasteiger partial charge in [-0.1, -0.05) is 103 Å². The molecule has 0 radical (unpaired) electrons. The van der Waals surface area contributed by atoms with Crippen LogP contribution >= 0.6 is 0 Å². The second-order valence-electron chi connectivity index (χ2n) is 9.58. The summed E-state index contributed by atoms with van der Waals surface area (Å²) in [5.41, 5.74) is 8.34. The summed E-state index contributed by atoms with van der Waals surface area (Å²) in [6.07, 6.45) is 0. The Bertz CT molecular complexity index is 2060. The zero-order valence-corrected chi connectivity index (χ0v) is 20.5. The minimum atomic E-state index is 0.661. The van der Waals surface area contributed by atoms with Crippen LogP contribution in [0.1, 0.15) is 0 Å². The number of fused-ring (bicyclic) bond motifs is 7. The molecule has 0 bridgehead atoms. The highest BCUT2D eigenvalue weighted by Crippen LogP contribution is 2.39. The highest BCUT2D eigenvalue weighted by molar-refractivity contribution is 6.25. The maximum atomic E-state index is 5.18. The van der Waals surface area contributed by atoms with Crippen molar-refractivity contribution in [3.05, 3.63) is 127 Å². The Hall–Kier alpha value is -5.22. The number of benzene rings is 5. The molecule has 4 nitrogen and oxygen atoms in total. The van der Waals surface area contributed by atoms with Crippen molar-refractivity contribution in [1.29, 1.82) is 0 Å². The number of H-pyrrole nitrogens is 1. The van der Waals surface area contributed by atoms with Crippen LogP contribution in [0.15, 0.2) is 127 Å². The molecule has 0 amide bonds. The van der Waals surface area contributed by atoms with Gasteiger partial charge in [0, 0.05) is 43.7 Å². The fourth-order valence-corrected chi connectivity index (χ4v) is 5.65. The topological polar surface area (TPSA) is 46.5 Å². The molecule has 38 heavy (non-hydrogen) atoms. The number of nitrogens with zero attached hydrogens (tertiary/aromatic N) is 3. The van der Waals surface area contributed by atoms with E-state index in [1.54, 1.807) is 0 Å². The molecule has 0 spiro atoms. The van der Waals surface area contributed by atoms with Gasteiger partial charge >= 0.3 is 0 Å². The quantitative estimate of drug-likeness (QED) is 0.272. The third kappa shape index (κ3) is 3.10. The van der Waals surface area contributed by atoms with E-state index >= 15 is 0 Å². The highest BCUT2D eigenvalue weighted by atomic mass is 15.2. The van der Waals surface area contributed by atoms with Crippen LogP contribution in [0.2, 0.25) is 0 Å². The van der Waals surface area contributed by atoms with Crippen LogP contribution < -0.4 is 0 Å². The van der Waals surface area contributed by atoms with Gasteiger partial charge in [0.25, 0.3) is 0 Å². The SMILES string of the molecule is c1ccc(-c2cc(-c3ccccc3)nc(-n3c4ccccc4c4ccc5[nH]c6ccccc6c5c43)n2)cc1. The molecule has 178 valence electrons. The molecule has 3 heterocycles. The summed E-state index contributed by atoms with van der Waals surface area (Å²) in [5, 5.41) is 4.75. The predicted octanol–water partition coefficient (Wildman–Crippen LogP) is 8.54. The molecule has 0 aliphatic carbocycles. The molecular weight excluding hydrogens is 464 g/mol. The van der Waals surface area contributed by atoms with E-state index in [0.29, 0.717) is 5.95 Å². The van der Waals surface area contributed by atoms with Gasteiger partial charge < -0.3 is 4.98 Å². The van der Waals surface area contributed by atoms with Crippen molar-refractivity contribution in [1.82, 2.24) is 19.5 Å². The molecule has 0 saturated heterocycles. The predicted molar refractivity (Wildman–Crippen MR) is 157 cm³/mol. The second-order valence-corrected chi connectivity index (χ2v) is 9.58. The first-order chi connectivity index (χ1) is 18.8. The van der Waals surface area contributed by atoms with Crippen LogP contribution in [-0.2, 0) is 0 Å². The average molecular weight is 487 g/mol. The molecule has 0 saturated carbocycles. The van der Waals surface area contributed by atoms with Gasteiger partial charge in [-0.2, -0.15) is 0 Å². The zero-order chi connectivity index (χ0) is 25.1. The largest absolute Gasteiger partial charge is 0.354 e. The van der Waals surface area contributed by atoms with E-state index in [0.717, 1.165) is 44.6 Å². The van der Waals surface area contributed by atoms with Gasteiger partial charge in [-0.15, -0.1) is 0 Å². The number of aromatic amines is 1. The summed E-state index contributed by atoms with van der Waals surface area (Å²) in [6, 6.07) is 44.2. The van der Waals surface area contributed by atoms with Gasteiger partial charge in [0.05, 0.1) is 22.4 Å². The van der Waals surface area contributed by atoms with Crippen molar-refractivity contribution in [3.8, 4) is 28.5 Å². The van der Waals surface area contributed by atoms with Crippen LogP contribution in [0.5, 0.6) is 0 Å². The van der Waals surface area contributed by atoms with Crippen LogP contribution in [0.25, 0.3) is 72.1 Å². The minimum absolute atomic E-state index is 0.661. The van der Waals surface area contributed by atoms with Crippen molar-refractivity contribution in [2.75, 3.05) is 0 Å². The lowest BCUT2D eigenvalue weighted by atomic mass is 10.1. The Morgan fingerprint density at radius 3 is 1.82 bits per heavy atom. The molecule has 5 aromatic carbocycles. The Morgan fingerprint density at radius 1 is 0.500 bits per heavy atom. The highest BCUT2D eigenvalue weighted by Gasteiger charge is 2.20. The van der Waals surface area contributed by atoms with Gasteiger partial charge in [-0.25, -0.2) is 9.97 Å². The zero-order valence-electron chi connectivity index (χ0n) is 20.5. The van der Waals surface area contributed by atoms with E-state index in [9.17, 15) is 0 Å². The van der Waals surface area contributed by atoms with E-state index in [1.807, 2.05) is 12.1 Å². The van der Waals surface area contributed by atoms with Crippen molar-refractivity contribution in [2.45, 2.75) is 0 Å². The first-order valence-corrected chi connectivity index (χ1v) is 12.8. The maximum Gasteiger partial charge on any atom is 0.235 e. The minimum Gasteiger partial charge on any atom is -0.354 e. The first kappa shape index (κ1) is 20.9. The van der Waals surface area contributed by atoms with Crippen molar-refractivity contribution in [3.63, 3.8) is 0 Å². The fourth-order valence-electron chi connectivity index (χ4n) is 5.65. The lowest BCUT2D eigenvalue weighted by Crippen LogP contribution is -2.04. The summed E-state index contributed by atoms with van der Waals surface area (Å²) < 4.78 is 2.24. The lowest BCUT2D eigenvalue weighted by Gasteiger charge is -2.12. The van der Waals surface area contributed by atoms with Gasteiger partial charge in [-0.3, -0.25) is 4.57 Å². The van der Waals surface area contributed by atoms with E-state index in [4.69, 9.17) is 9.97 Å². The molecule has 0 atom stereocenters. The monoisotopic (exact) mass is 486 g/mol. The third-order valence-electron chi connectivity index (χ3n) is 7.36. The van der Waals surface area contributed by atoms with Gasteiger partial charge in [0.2, 0.25) is 5.95 Å². The maximum absolute atomic E-state index is 5.18. The molecule has 0 unspecified atom stereocenters. The van der Waals surface area contributed by atoms with Crippen LogP contribution in [0, 0.1) is 0 Å². The lowest BCUT2D eigenvalue weighted by molar-refractivity contribution is 0.998. The molecule has 0 aliphatic heterocycles. The van der Waals surface area contributed by atoms with E-state index in [1.165, 1.54) is 21.5 Å². The summed E-state index contributed by atoms with van der Waals surface area (Å²) >= 11 is 0. The molecular formula is C34H22N4. The molecule has 0 aliphatic rings. The third-order valence-corrected chi connectivity index (χ3v) is 7.36. The molecule has 0 fully saturated rings. The molecule has 1 N–H and O–H groups in total. The first-order valence-electron chi connectivity index (χ1n) is 12.8. The molecule has 3 aromatic heterocycles. The normalized spacial score (nSPS) is 11.7.